The first kappa shape index (κ1) is 14.9. The van der Waals surface area contributed by atoms with Crippen molar-refractivity contribution in [1.29, 1.82) is 0 Å². The molecule has 1 unspecified atom stereocenters. The molecule has 0 N–H and O–H groups in total. The summed E-state index contributed by atoms with van der Waals surface area (Å²) in [5, 5.41) is 0.850. The number of alkyl halides is 1. The number of nitrogens with zero attached hydrogens (tertiary/aromatic N) is 3. The van der Waals surface area contributed by atoms with E-state index in [4.69, 9.17) is 4.98 Å². The summed E-state index contributed by atoms with van der Waals surface area (Å²) in [6, 6.07) is 6.22. The van der Waals surface area contributed by atoms with E-state index < -0.39 is 0 Å². The highest BCUT2D eigenvalue weighted by Crippen LogP contribution is 2.29. The van der Waals surface area contributed by atoms with Crippen LogP contribution in [-0.2, 0) is 5.33 Å². The van der Waals surface area contributed by atoms with Crippen molar-refractivity contribution in [3.63, 3.8) is 0 Å². The second-order valence-electron chi connectivity index (χ2n) is 6.02. The maximum Gasteiger partial charge on any atom is 0.152 e. The number of rotatable bonds is 4. The number of halogens is 1. The third-order valence-corrected chi connectivity index (χ3v) is 5.11. The van der Waals surface area contributed by atoms with Gasteiger partial charge in [0.1, 0.15) is 5.65 Å². The van der Waals surface area contributed by atoms with Gasteiger partial charge in [0.15, 0.2) is 5.82 Å². The Hall–Kier alpha value is -1.03. The van der Waals surface area contributed by atoms with Crippen LogP contribution in [0.4, 0.5) is 5.82 Å². The van der Waals surface area contributed by atoms with E-state index in [-0.39, 0.29) is 0 Å². The molecule has 3 nitrogen and oxygen atoms in total. The summed E-state index contributed by atoms with van der Waals surface area (Å²) in [6.45, 7) is 4.59. The highest BCUT2D eigenvalue weighted by atomic mass is 79.9. The van der Waals surface area contributed by atoms with Crippen molar-refractivity contribution < 1.29 is 0 Å². The summed E-state index contributed by atoms with van der Waals surface area (Å²) < 4.78 is 2.21. The molecule has 1 fully saturated rings. The van der Waals surface area contributed by atoms with E-state index >= 15 is 0 Å². The minimum Gasteiger partial charge on any atom is -0.355 e. The highest BCUT2D eigenvalue weighted by Gasteiger charge is 2.21. The van der Waals surface area contributed by atoms with Crippen LogP contribution in [0.1, 0.15) is 44.7 Å². The van der Waals surface area contributed by atoms with Gasteiger partial charge in [-0.1, -0.05) is 41.8 Å². The first-order valence-electron chi connectivity index (χ1n) is 8.10. The molecule has 3 heterocycles. The van der Waals surface area contributed by atoms with Crippen LogP contribution in [0.5, 0.6) is 0 Å². The van der Waals surface area contributed by atoms with Gasteiger partial charge < -0.3 is 9.30 Å². The van der Waals surface area contributed by atoms with Crippen molar-refractivity contribution in [2.24, 2.45) is 5.92 Å². The Kier molecular flexibility index (Phi) is 4.84. The SMILES string of the molecule is CCCC1CCCN(c2nc3ccccn3c2CBr)CC1. The van der Waals surface area contributed by atoms with Gasteiger partial charge in [0.05, 0.1) is 5.69 Å². The standard InChI is InChI=1S/C17H24BrN3/c1-2-6-14-7-5-10-20(12-9-14)17-15(13-18)21-11-4-3-8-16(21)19-17/h3-4,8,11,14H,2,5-7,9-10,12-13H2,1H3. The number of anilines is 1. The topological polar surface area (TPSA) is 20.5 Å². The number of fused-ring (bicyclic) bond motifs is 1. The molecule has 0 amide bonds. The molecule has 21 heavy (non-hydrogen) atoms. The van der Waals surface area contributed by atoms with E-state index in [2.05, 4.69) is 56.6 Å². The van der Waals surface area contributed by atoms with Crippen molar-refractivity contribution in [3.05, 3.63) is 30.1 Å². The monoisotopic (exact) mass is 349 g/mol. The molecular formula is C17H24BrN3. The molecule has 1 aliphatic heterocycles. The largest absolute Gasteiger partial charge is 0.355 e. The van der Waals surface area contributed by atoms with Crippen molar-refractivity contribution in [1.82, 2.24) is 9.38 Å². The van der Waals surface area contributed by atoms with Crippen molar-refractivity contribution in [2.45, 2.75) is 44.4 Å². The Labute approximate surface area is 135 Å². The van der Waals surface area contributed by atoms with E-state index in [0.29, 0.717) is 0 Å². The Bertz CT molecular complexity index is 593. The average Bonchev–Trinajstić information content (AvgIpc) is 2.72. The molecular weight excluding hydrogens is 326 g/mol. The van der Waals surface area contributed by atoms with Gasteiger partial charge in [-0.25, -0.2) is 4.98 Å². The third kappa shape index (κ3) is 3.10. The quantitative estimate of drug-likeness (QED) is 0.749. The highest BCUT2D eigenvalue weighted by molar-refractivity contribution is 9.08. The van der Waals surface area contributed by atoms with Crippen LogP contribution < -0.4 is 4.90 Å². The molecule has 0 bridgehead atoms. The zero-order valence-corrected chi connectivity index (χ0v) is 14.3. The summed E-state index contributed by atoms with van der Waals surface area (Å²) in [4.78, 5) is 7.38. The maximum absolute atomic E-state index is 4.88. The summed E-state index contributed by atoms with van der Waals surface area (Å²) >= 11 is 3.64. The Morgan fingerprint density at radius 3 is 3.00 bits per heavy atom. The summed E-state index contributed by atoms with van der Waals surface area (Å²) in [6.07, 6.45) is 8.78. The van der Waals surface area contributed by atoms with Crippen LogP contribution in [0, 0.1) is 5.92 Å². The zero-order valence-electron chi connectivity index (χ0n) is 12.8. The Morgan fingerprint density at radius 2 is 2.19 bits per heavy atom. The van der Waals surface area contributed by atoms with Gasteiger partial charge >= 0.3 is 0 Å². The lowest BCUT2D eigenvalue weighted by Crippen LogP contribution is -2.25. The fraction of sp³-hybridized carbons (Fsp3) is 0.588. The number of hydrogen-bond donors (Lipinski definition) is 0. The van der Waals surface area contributed by atoms with Crippen LogP contribution in [0.3, 0.4) is 0 Å². The van der Waals surface area contributed by atoms with Crippen LogP contribution in [0.15, 0.2) is 24.4 Å². The molecule has 0 radical (unpaired) electrons. The predicted octanol–water partition coefficient (Wildman–Crippen LogP) is 4.64. The van der Waals surface area contributed by atoms with Crippen molar-refractivity contribution in [2.75, 3.05) is 18.0 Å². The number of pyridine rings is 1. The van der Waals surface area contributed by atoms with E-state index in [9.17, 15) is 0 Å². The summed E-state index contributed by atoms with van der Waals surface area (Å²) in [5.74, 6) is 2.08. The molecule has 1 atom stereocenters. The normalized spacial score (nSPS) is 19.9. The molecule has 4 heteroatoms. The first-order chi connectivity index (χ1) is 10.3. The van der Waals surface area contributed by atoms with Crippen LogP contribution in [0.2, 0.25) is 0 Å². The van der Waals surface area contributed by atoms with Crippen LogP contribution in [-0.4, -0.2) is 22.5 Å². The molecule has 2 aromatic heterocycles. The molecule has 0 aromatic carbocycles. The lowest BCUT2D eigenvalue weighted by molar-refractivity contribution is 0.435. The smallest absolute Gasteiger partial charge is 0.152 e. The van der Waals surface area contributed by atoms with Crippen molar-refractivity contribution >= 4 is 27.4 Å². The lowest BCUT2D eigenvalue weighted by atomic mass is 9.96. The molecule has 0 saturated carbocycles. The minimum atomic E-state index is 0.850. The van der Waals surface area contributed by atoms with Crippen LogP contribution in [0.25, 0.3) is 5.65 Å². The molecule has 1 saturated heterocycles. The first-order valence-corrected chi connectivity index (χ1v) is 9.22. The van der Waals surface area contributed by atoms with Gasteiger partial charge in [-0.3, -0.25) is 0 Å². The maximum atomic E-state index is 4.88. The van der Waals surface area contributed by atoms with Gasteiger partial charge in [0.2, 0.25) is 0 Å². The van der Waals surface area contributed by atoms with Gasteiger partial charge in [-0.15, -0.1) is 0 Å². The van der Waals surface area contributed by atoms with Gasteiger partial charge in [-0.2, -0.15) is 0 Å². The van der Waals surface area contributed by atoms with Crippen LogP contribution >= 0.6 is 15.9 Å². The lowest BCUT2D eigenvalue weighted by Gasteiger charge is -2.21. The number of imidazole rings is 1. The second kappa shape index (κ2) is 6.82. The van der Waals surface area contributed by atoms with E-state index in [1.807, 2.05) is 0 Å². The molecule has 2 aromatic rings. The third-order valence-electron chi connectivity index (χ3n) is 4.58. The number of aromatic nitrogens is 2. The minimum absolute atomic E-state index is 0.850. The van der Waals surface area contributed by atoms with Crippen molar-refractivity contribution in [3.8, 4) is 0 Å². The van der Waals surface area contributed by atoms with E-state index in [1.165, 1.54) is 43.6 Å². The predicted molar refractivity (Wildman–Crippen MR) is 92.3 cm³/mol. The van der Waals surface area contributed by atoms with Gasteiger partial charge in [0, 0.05) is 24.6 Å². The van der Waals surface area contributed by atoms with Gasteiger partial charge in [0.25, 0.3) is 0 Å². The fourth-order valence-corrected chi connectivity index (χ4v) is 4.01. The Morgan fingerprint density at radius 1 is 1.29 bits per heavy atom. The number of hydrogen-bond acceptors (Lipinski definition) is 2. The van der Waals surface area contributed by atoms with E-state index in [1.54, 1.807) is 0 Å². The average molecular weight is 350 g/mol. The Balaban J connectivity index is 1.86. The molecule has 114 valence electrons. The zero-order chi connectivity index (χ0) is 14.7. The van der Waals surface area contributed by atoms with Gasteiger partial charge in [-0.05, 0) is 37.3 Å². The second-order valence-corrected chi connectivity index (χ2v) is 6.58. The molecule has 0 spiro atoms. The molecule has 3 rings (SSSR count). The molecule has 0 aliphatic carbocycles. The summed E-state index contributed by atoms with van der Waals surface area (Å²) in [7, 11) is 0. The molecule has 1 aliphatic rings. The van der Waals surface area contributed by atoms with E-state index in [0.717, 1.165) is 30.0 Å². The fourth-order valence-electron chi connectivity index (χ4n) is 3.49. The summed E-state index contributed by atoms with van der Waals surface area (Å²) in [5.41, 5.74) is 2.33.